The van der Waals surface area contributed by atoms with Crippen LogP contribution in [-0.2, 0) is 9.53 Å². The molecule has 50 valence electrons. The zero-order valence-electron chi connectivity index (χ0n) is 5.73. The van der Waals surface area contributed by atoms with Crippen molar-refractivity contribution in [1.82, 2.24) is 0 Å². The summed E-state index contributed by atoms with van der Waals surface area (Å²) in [4.78, 5) is 10.6. The predicted molar refractivity (Wildman–Crippen MR) is 34.9 cm³/mol. The highest BCUT2D eigenvalue weighted by Gasteiger charge is 1.94. The van der Waals surface area contributed by atoms with Crippen LogP contribution in [0.3, 0.4) is 0 Å². The van der Waals surface area contributed by atoms with Gasteiger partial charge in [-0.05, 0) is 6.92 Å². The highest BCUT2D eigenvalue weighted by Crippen LogP contribution is 1.80. The molecular formula is C7H10O2. The van der Waals surface area contributed by atoms with Crippen LogP contribution in [0.25, 0.3) is 0 Å². The van der Waals surface area contributed by atoms with Crippen molar-refractivity contribution in [3.8, 4) is 11.8 Å². The molecule has 0 aliphatic rings. The molecule has 0 atom stereocenters. The molecule has 0 spiro atoms. The fourth-order valence-corrected chi connectivity index (χ4v) is 0.399. The molecule has 0 saturated carbocycles. The van der Waals surface area contributed by atoms with Crippen molar-refractivity contribution < 1.29 is 9.53 Å². The first-order valence-electron chi connectivity index (χ1n) is 2.71. The Bertz CT molecular complexity index is 139. The third-order valence-corrected chi connectivity index (χ3v) is 0.768. The molecule has 0 heterocycles. The lowest BCUT2D eigenvalue weighted by molar-refractivity contribution is -0.121. The standard InChI is InChI=1S/C7H10O2/c1-3-4-5-7(8)6-9-2/h5-6H2,1-2H3. The average Bonchev–Trinajstić information content (AvgIpc) is 1.85. The van der Waals surface area contributed by atoms with Crippen LogP contribution in [0, 0.1) is 11.8 Å². The molecular weight excluding hydrogens is 116 g/mol. The third-order valence-electron chi connectivity index (χ3n) is 0.768. The van der Waals surface area contributed by atoms with E-state index < -0.39 is 0 Å². The molecule has 2 heteroatoms. The summed E-state index contributed by atoms with van der Waals surface area (Å²) in [5.41, 5.74) is 0. The Labute approximate surface area is 55.2 Å². The van der Waals surface area contributed by atoms with E-state index in [0.29, 0.717) is 6.42 Å². The van der Waals surface area contributed by atoms with Crippen LogP contribution in [0.2, 0.25) is 0 Å². The van der Waals surface area contributed by atoms with E-state index in [1.807, 2.05) is 0 Å². The van der Waals surface area contributed by atoms with Gasteiger partial charge in [0.25, 0.3) is 0 Å². The minimum absolute atomic E-state index is 0.0341. The number of rotatable bonds is 3. The van der Waals surface area contributed by atoms with Gasteiger partial charge in [0, 0.05) is 7.11 Å². The highest BCUT2D eigenvalue weighted by molar-refractivity contribution is 5.81. The van der Waals surface area contributed by atoms with Gasteiger partial charge in [-0.15, -0.1) is 5.92 Å². The maximum Gasteiger partial charge on any atom is 0.170 e. The molecule has 0 aromatic rings. The van der Waals surface area contributed by atoms with Crippen molar-refractivity contribution in [3.05, 3.63) is 0 Å². The van der Waals surface area contributed by atoms with Crippen molar-refractivity contribution in [3.63, 3.8) is 0 Å². The first-order valence-corrected chi connectivity index (χ1v) is 2.71. The van der Waals surface area contributed by atoms with Gasteiger partial charge in [-0.25, -0.2) is 0 Å². The minimum Gasteiger partial charge on any atom is -0.377 e. The van der Waals surface area contributed by atoms with Crippen molar-refractivity contribution in [1.29, 1.82) is 0 Å². The van der Waals surface area contributed by atoms with E-state index in [0.717, 1.165) is 0 Å². The van der Waals surface area contributed by atoms with Gasteiger partial charge in [-0.2, -0.15) is 0 Å². The predicted octanol–water partition coefficient (Wildman–Crippen LogP) is 0.615. The van der Waals surface area contributed by atoms with E-state index in [1.165, 1.54) is 7.11 Å². The summed E-state index contributed by atoms with van der Waals surface area (Å²) >= 11 is 0. The SMILES string of the molecule is CC#CCC(=O)COC. The van der Waals surface area contributed by atoms with Crippen LogP contribution in [-0.4, -0.2) is 19.5 Å². The molecule has 9 heavy (non-hydrogen) atoms. The van der Waals surface area contributed by atoms with Crippen LogP contribution in [0.15, 0.2) is 0 Å². The van der Waals surface area contributed by atoms with Gasteiger partial charge >= 0.3 is 0 Å². The second-order valence-electron chi connectivity index (χ2n) is 1.58. The molecule has 0 amide bonds. The molecule has 0 aliphatic heterocycles. The lowest BCUT2D eigenvalue weighted by atomic mass is 10.3. The lowest BCUT2D eigenvalue weighted by Gasteiger charge is -1.90. The monoisotopic (exact) mass is 126 g/mol. The molecule has 2 nitrogen and oxygen atoms in total. The lowest BCUT2D eigenvalue weighted by Crippen LogP contribution is -2.04. The van der Waals surface area contributed by atoms with Crippen LogP contribution >= 0.6 is 0 Å². The molecule has 0 rings (SSSR count). The average molecular weight is 126 g/mol. The number of ether oxygens (including phenoxy) is 1. The topological polar surface area (TPSA) is 26.3 Å². The summed E-state index contributed by atoms with van der Waals surface area (Å²) in [6, 6.07) is 0. The van der Waals surface area contributed by atoms with Crippen molar-refractivity contribution >= 4 is 5.78 Å². The molecule has 0 radical (unpaired) electrons. The van der Waals surface area contributed by atoms with Gasteiger partial charge in [0.1, 0.15) is 6.61 Å². The van der Waals surface area contributed by atoms with Crippen molar-refractivity contribution in [2.24, 2.45) is 0 Å². The van der Waals surface area contributed by atoms with Gasteiger partial charge in [-0.3, -0.25) is 4.79 Å². The minimum atomic E-state index is 0.0341. The summed E-state index contributed by atoms with van der Waals surface area (Å²) in [7, 11) is 1.50. The Hall–Kier alpha value is -0.810. The maximum absolute atomic E-state index is 10.6. The molecule has 0 fully saturated rings. The fourth-order valence-electron chi connectivity index (χ4n) is 0.399. The smallest absolute Gasteiger partial charge is 0.170 e. The van der Waals surface area contributed by atoms with E-state index in [1.54, 1.807) is 6.92 Å². The summed E-state index contributed by atoms with van der Waals surface area (Å²) in [6.07, 6.45) is 0.310. The Balaban J connectivity index is 3.35. The van der Waals surface area contributed by atoms with Gasteiger partial charge in [0.2, 0.25) is 0 Å². The van der Waals surface area contributed by atoms with Crippen LogP contribution in [0.5, 0.6) is 0 Å². The molecule has 0 aromatic carbocycles. The molecule has 0 unspecified atom stereocenters. The first kappa shape index (κ1) is 8.19. The Morgan fingerprint density at radius 3 is 2.78 bits per heavy atom. The number of hydrogen-bond acceptors (Lipinski definition) is 2. The van der Waals surface area contributed by atoms with Gasteiger partial charge in [0.05, 0.1) is 6.42 Å². The maximum atomic E-state index is 10.6. The van der Waals surface area contributed by atoms with Crippen LogP contribution < -0.4 is 0 Å². The summed E-state index contributed by atoms with van der Waals surface area (Å²) in [6.45, 7) is 1.88. The number of carbonyl (C=O) groups excluding carboxylic acids is 1. The molecule has 0 aromatic heterocycles. The molecule has 0 saturated heterocycles. The summed E-state index contributed by atoms with van der Waals surface area (Å²) in [5, 5.41) is 0. The van der Waals surface area contributed by atoms with E-state index in [9.17, 15) is 4.79 Å². The highest BCUT2D eigenvalue weighted by atomic mass is 16.5. The molecule has 0 N–H and O–H groups in total. The number of carbonyl (C=O) groups is 1. The third kappa shape index (κ3) is 5.05. The number of methoxy groups -OCH3 is 1. The summed E-state index contributed by atoms with van der Waals surface area (Å²) in [5.74, 6) is 5.32. The van der Waals surface area contributed by atoms with E-state index in [2.05, 4.69) is 16.6 Å². The second-order valence-corrected chi connectivity index (χ2v) is 1.58. The number of Topliss-reactive ketones (excluding diaryl/α,β-unsaturated/α-hetero) is 1. The van der Waals surface area contributed by atoms with Crippen molar-refractivity contribution in [2.45, 2.75) is 13.3 Å². The number of ketones is 1. The van der Waals surface area contributed by atoms with E-state index >= 15 is 0 Å². The molecule has 0 aliphatic carbocycles. The van der Waals surface area contributed by atoms with E-state index in [-0.39, 0.29) is 12.4 Å². The van der Waals surface area contributed by atoms with Gasteiger partial charge < -0.3 is 4.74 Å². The fraction of sp³-hybridized carbons (Fsp3) is 0.571. The zero-order valence-corrected chi connectivity index (χ0v) is 5.73. The Kier molecular flexibility index (Phi) is 4.85. The largest absolute Gasteiger partial charge is 0.377 e. The van der Waals surface area contributed by atoms with Gasteiger partial charge in [-0.1, -0.05) is 5.92 Å². The van der Waals surface area contributed by atoms with Crippen LogP contribution in [0.1, 0.15) is 13.3 Å². The Morgan fingerprint density at radius 2 is 2.33 bits per heavy atom. The molecule has 0 bridgehead atoms. The second kappa shape index (κ2) is 5.33. The Morgan fingerprint density at radius 1 is 1.67 bits per heavy atom. The zero-order chi connectivity index (χ0) is 7.11. The number of hydrogen-bond donors (Lipinski definition) is 0. The first-order chi connectivity index (χ1) is 4.31. The van der Waals surface area contributed by atoms with Crippen molar-refractivity contribution in [2.75, 3.05) is 13.7 Å². The van der Waals surface area contributed by atoms with Gasteiger partial charge in [0.15, 0.2) is 5.78 Å². The quantitative estimate of drug-likeness (QED) is 0.518. The summed E-state index contributed by atoms with van der Waals surface area (Å²) < 4.78 is 4.58. The normalized spacial score (nSPS) is 7.78. The van der Waals surface area contributed by atoms with Crippen LogP contribution in [0.4, 0.5) is 0 Å². The van der Waals surface area contributed by atoms with E-state index in [4.69, 9.17) is 0 Å².